The minimum atomic E-state index is 0.0208. The van der Waals surface area contributed by atoms with Gasteiger partial charge in [0.05, 0.1) is 18.2 Å². The monoisotopic (exact) mass is 232 g/mol. The Balaban J connectivity index is 2.24. The van der Waals surface area contributed by atoms with E-state index in [1.54, 1.807) is 31.1 Å². The summed E-state index contributed by atoms with van der Waals surface area (Å²) in [4.78, 5) is 22.9. The molecule has 0 aliphatic carbocycles. The van der Waals surface area contributed by atoms with Gasteiger partial charge in [0.1, 0.15) is 0 Å². The van der Waals surface area contributed by atoms with Crippen molar-refractivity contribution >= 4 is 17.4 Å². The van der Waals surface area contributed by atoms with Crippen molar-refractivity contribution in [2.45, 2.75) is 13.8 Å². The molecule has 1 aromatic carbocycles. The van der Waals surface area contributed by atoms with Gasteiger partial charge in [0, 0.05) is 12.6 Å². The SMILES string of the molecule is CC(=O)c1ccc(N2CC(C)C(=O)N2C)cc1. The third-order valence-electron chi connectivity index (χ3n) is 3.12. The third-order valence-corrected chi connectivity index (χ3v) is 3.12. The van der Waals surface area contributed by atoms with Crippen LogP contribution in [0.3, 0.4) is 0 Å². The van der Waals surface area contributed by atoms with Crippen LogP contribution in [0, 0.1) is 5.92 Å². The summed E-state index contributed by atoms with van der Waals surface area (Å²) < 4.78 is 0. The first kappa shape index (κ1) is 11.6. The molecule has 17 heavy (non-hydrogen) atoms. The topological polar surface area (TPSA) is 40.6 Å². The summed E-state index contributed by atoms with van der Waals surface area (Å²) in [6.07, 6.45) is 0. The molecule has 1 unspecified atom stereocenters. The quantitative estimate of drug-likeness (QED) is 0.729. The highest BCUT2D eigenvalue weighted by Crippen LogP contribution is 2.24. The average Bonchev–Trinajstić information content (AvgIpc) is 2.57. The van der Waals surface area contributed by atoms with Crippen molar-refractivity contribution in [3.63, 3.8) is 0 Å². The number of hydrogen-bond donors (Lipinski definition) is 0. The predicted molar refractivity (Wildman–Crippen MR) is 65.7 cm³/mol. The highest BCUT2D eigenvalue weighted by molar-refractivity contribution is 5.94. The number of benzene rings is 1. The van der Waals surface area contributed by atoms with Crippen LogP contribution in [0.5, 0.6) is 0 Å². The summed E-state index contributed by atoms with van der Waals surface area (Å²) in [6.45, 7) is 4.15. The van der Waals surface area contributed by atoms with E-state index in [9.17, 15) is 9.59 Å². The first-order valence-electron chi connectivity index (χ1n) is 5.66. The van der Waals surface area contributed by atoms with E-state index in [0.717, 1.165) is 5.69 Å². The second-order valence-corrected chi connectivity index (χ2v) is 4.45. The van der Waals surface area contributed by atoms with Crippen molar-refractivity contribution < 1.29 is 9.59 Å². The van der Waals surface area contributed by atoms with Gasteiger partial charge in [-0.3, -0.25) is 19.6 Å². The highest BCUT2D eigenvalue weighted by atomic mass is 16.2. The van der Waals surface area contributed by atoms with Crippen LogP contribution in [0.4, 0.5) is 5.69 Å². The van der Waals surface area contributed by atoms with Crippen LogP contribution in [0.2, 0.25) is 0 Å². The van der Waals surface area contributed by atoms with Crippen molar-refractivity contribution in [1.29, 1.82) is 0 Å². The molecule has 0 bridgehead atoms. The smallest absolute Gasteiger partial charge is 0.245 e. The van der Waals surface area contributed by atoms with Gasteiger partial charge in [-0.1, -0.05) is 6.92 Å². The molecule has 0 N–H and O–H groups in total. The maximum absolute atomic E-state index is 11.7. The molecule has 1 aliphatic heterocycles. The fourth-order valence-electron chi connectivity index (χ4n) is 2.04. The van der Waals surface area contributed by atoms with Gasteiger partial charge < -0.3 is 0 Å². The summed E-state index contributed by atoms with van der Waals surface area (Å²) in [7, 11) is 1.77. The number of hydrogen-bond acceptors (Lipinski definition) is 3. The van der Waals surface area contributed by atoms with E-state index >= 15 is 0 Å². The molecule has 4 heteroatoms. The zero-order valence-corrected chi connectivity index (χ0v) is 10.3. The van der Waals surface area contributed by atoms with Gasteiger partial charge >= 0.3 is 0 Å². The molecule has 0 saturated carbocycles. The van der Waals surface area contributed by atoms with Crippen LogP contribution in [0.25, 0.3) is 0 Å². The van der Waals surface area contributed by atoms with Gasteiger partial charge in [-0.25, -0.2) is 0 Å². The molecule has 1 aromatic rings. The van der Waals surface area contributed by atoms with Crippen molar-refractivity contribution in [2.75, 3.05) is 18.6 Å². The van der Waals surface area contributed by atoms with E-state index in [1.165, 1.54) is 0 Å². The lowest BCUT2D eigenvalue weighted by Crippen LogP contribution is -2.35. The number of nitrogens with zero attached hydrogens (tertiary/aromatic N) is 2. The summed E-state index contributed by atoms with van der Waals surface area (Å²) in [5.74, 6) is 0.198. The summed E-state index contributed by atoms with van der Waals surface area (Å²) in [6, 6.07) is 7.33. The number of anilines is 1. The predicted octanol–water partition coefficient (Wildman–Crippen LogP) is 1.72. The van der Waals surface area contributed by atoms with Crippen LogP contribution in [-0.4, -0.2) is 30.3 Å². The van der Waals surface area contributed by atoms with Gasteiger partial charge in [0.25, 0.3) is 0 Å². The molecule has 1 saturated heterocycles. The van der Waals surface area contributed by atoms with Crippen molar-refractivity contribution in [1.82, 2.24) is 5.01 Å². The molecule has 1 heterocycles. The normalized spacial score (nSPS) is 19.9. The second kappa shape index (κ2) is 4.20. The molecule has 0 aromatic heterocycles. The number of rotatable bonds is 2. The average molecular weight is 232 g/mol. The molecule has 1 fully saturated rings. The van der Waals surface area contributed by atoms with E-state index in [0.29, 0.717) is 12.1 Å². The van der Waals surface area contributed by atoms with Gasteiger partial charge in [0.15, 0.2) is 5.78 Å². The Labute approximate surface area is 101 Å². The first-order valence-corrected chi connectivity index (χ1v) is 5.66. The molecule has 1 amide bonds. The summed E-state index contributed by atoms with van der Waals surface area (Å²) in [5, 5.41) is 3.56. The molecule has 90 valence electrons. The van der Waals surface area contributed by atoms with E-state index in [1.807, 2.05) is 24.1 Å². The Morgan fingerprint density at radius 1 is 1.29 bits per heavy atom. The summed E-state index contributed by atoms with van der Waals surface area (Å²) >= 11 is 0. The maximum atomic E-state index is 11.7. The van der Waals surface area contributed by atoms with Crippen molar-refractivity contribution in [3.05, 3.63) is 29.8 Å². The van der Waals surface area contributed by atoms with Crippen LogP contribution in [0.15, 0.2) is 24.3 Å². The van der Waals surface area contributed by atoms with Crippen LogP contribution in [-0.2, 0) is 4.79 Å². The largest absolute Gasteiger partial charge is 0.295 e. The number of carbonyl (C=O) groups is 2. The fourth-order valence-corrected chi connectivity index (χ4v) is 2.04. The van der Waals surface area contributed by atoms with Crippen LogP contribution < -0.4 is 5.01 Å². The molecular weight excluding hydrogens is 216 g/mol. The molecule has 0 spiro atoms. The van der Waals surface area contributed by atoms with Crippen LogP contribution in [0.1, 0.15) is 24.2 Å². The Morgan fingerprint density at radius 2 is 1.88 bits per heavy atom. The zero-order chi connectivity index (χ0) is 12.6. The third kappa shape index (κ3) is 2.02. The zero-order valence-electron chi connectivity index (χ0n) is 10.3. The number of carbonyl (C=O) groups excluding carboxylic acids is 2. The number of amides is 1. The van der Waals surface area contributed by atoms with E-state index in [2.05, 4.69) is 0 Å². The fraction of sp³-hybridized carbons (Fsp3) is 0.385. The number of ketones is 1. The minimum absolute atomic E-state index is 0.0208. The Hall–Kier alpha value is -1.84. The van der Waals surface area contributed by atoms with Crippen LogP contribution >= 0.6 is 0 Å². The number of hydrazine groups is 1. The van der Waals surface area contributed by atoms with E-state index in [4.69, 9.17) is 0 Å². The van der Waals surface area contributed by atoms with Gasteiger partial charge in [-0.05, 0) is 31.2 Å². The molecular formula is C13H16N2O2. The summed E-state index contributed by atoms with van der Waals surface area (Å²) in [5.41, 5.74) is 1.63. The van der Waals surface area contributed by atoms with Gasteiger partial charge in [-0.2, -0.15) is 0 Å². The molecule has 2 rings (SSSR count). The lowest BCUT2D eigenvalue weighted by molar-refractivity contribution is -0.129. The highest BCUT2D eigenvalue weighted by Gasteiger charge is 2.32. The lowest BCUT2D eigenvalue weighted by atomic mass is 10.1. The maximum Gasteiger partial charge on any atom is 0.245 e. The number of Topliss-reactive ketones (excluding diaryl/α,β-unsaturated/α-hetero) is 1. The van der Waals surface area contributed by atoms with Crippen molar-refractivity contribution in [3.8, 4) is 0 Å². The van der Waals surface area contributed by atoms with Crippen molar-refractivity contribution in [2.24, 2.45) is 5.92 Å². The van der Waals surface area contributed by atoms with E-state index < -0.39 is 0 Å². The molecule has 1 atom stereocenters. The Morgan fingerprint density at radius 3 is 2.29 bits per heavy atom. The Bertz CT molecular complexity index is 453. The second-order valence-electron chi connectivity index (χ2n) is 4.45. The molecule has 0 radical (unpaired) electrons. The lowest BCUT2D eigenvalue weighted by Gasteiger charge is -2.26. The first-order chi connectivity index (χ1) is 8.00. The Kier molecular flexibility index (Phi) is 2.88. The van der Waals surface area contributed by atoms with E-state index in [-0.39, 0.29) is 17.6 Å². The van der Waals surface area contributed by atoms with Gasteiger partial charge in [-0.15, -0.1) is 0 Å². The van der Waals surface area contributed by atoms with Gasteiger partial charge in [0.2, 0.25) is 5.91 Å². The minimum Gasteiger partial charge on any atom is -0.295 e. The molecule has 1 aliphatic rings. The standard InChI is InChI=1S/C13H16N2O2/c1-9-8-15(14(3)13(9)17)12-6-4-11(5-7-12)10(2)16/h4-7,9H,8H2,1-3H3. The molecule has 4 nitrogen and oxygen atoms in total.